The van der Waals surface area contributed by atoms with E-state index in [2.05, 4.69) is 0 Å². The molecule has 0 bridgehead atoms. The molecule has 0 spiro atoms. The van der Waals surface area contributed by atoms with Crippen molar-refractivity contribution in [3.05, 3.63) is 0 Å². The van der Waals surface area contributed by atoms with E-state index in [0.717, 1.165) is 6.42 Å². The molecule has 5 nitrogen and oxygen atoms in total. The van der Waals surface area contributed by atoms with Gasteiger partial charge in [0.05, 0.1) is 17.6 Å². The number of alkyl halides is 5. The summed E-state index contributed by atoms with van der Waals surface area (Å²) in [4.78, 5) is 13.5. The van der Waals surface area contributed by atoms with Crippen LogP contribution in [0.25, 0.3) is 0 Å². The van der Waals surface area contributed by atoms with Crippen molar-refractivity contribution in [2.75, 3.05) is 18.1 Å². The zero-order valence-electron chi connectivity index (χ0n) is 15.4. The van der Waals surface area contributed by atoms with Gasteiger partial charge in [-0.1, -0.05) is 0 Å². The Morgan fingerprint density at radius 2 is 1.74 bits per heavy atom. The standard InChI is InChI=1S/C16H26F5NO4S/c1-12(2)26-14(23)22-9-3-6-13(22)7-4-10-27(24,25)11-5-8-15(17,18)16(19,20)21/h12-13H,3-11H2,1-2H3/t13-/m1/s1. The van der Waals surface area contributed by atoms with Gasteiger partial charge in [0.2, 0.25) is 0 Å². The Labute approximate surface area is 156 Å². The second kappa shape index (κ2) is 9.38. The number of carbonyl (C=O) groups excluding carboxylic acids is 1. The van der Waals surface area contributed by atoms with Crippen LogP contribution in [0.3, 0.4) is 0 Å². The maximum Gasteiger partial charge on any atom is 0.453 e. The molecule has 160 valence electrons. The molecule has 1 atom stereocenters. The lowest BCUT2D eigenvalue weighted by Gasteiger charge is -2.25. The molecule has 1 aliphatic heterocycles. The van der Waals surface area contributed by atoms with Gasteiger partial charge in [0.1, 0.15) is 9.84 Å². The van der Waals surface area contributed by atoms with Crippen LogP contribution in [0.1, 0.15) is 52.4 Å². The van der Waals surface area contributed by atoms with E-state index < -0.39 is 46.6 Å². The van der Waals surface area contributed by atoms with Crippen LogP contribution in [0.15, 0.2) is 0 Å². The summed E-state index contributed by atoms with van der Waals surface area (Å²) >= 11 is 0. The summed E-state index contributed by atoms with van der Waals surface area (Å²) in [6, 6.07) is -0.152. The Balaban J connectivity index is 2.40. The van der Waals surface area contributed by atoms with Gasteiger partial charge in [-0.3, -0.25) is 0 Å². The van der Waals surface area contributed by atoms with E-state index >= 15 is 0 Å². The molecule has 0 aromatic carbocycles. The fourth-order valence-electron chi connectivity index (χ4n) is 2.94. The van der Waals surface area contributed by atoms with Gasteiger partial charge in [0, 0.05) is 19.0 Å². The van der Waals surface area contributed by atoms with Crippen LogP contribution in [0.5, 0.6) is 0 Å². The van der Waals surface area contributed by atoms with E-state index in [0.29, 0.717) is 19.4 Å². The zero-order valence-corrected chi connectivity index (χ0v) is 16.2. The molecule has 1 fully saturated rings. The van der Waals surface area contributed by atoms with Crippen molar-refractivity contribution in [1.29, 1.82) is 0 Å². The molecule has 0 aliphatic carbocycles. The van der Waals surface area contributed by atoms with Crippen molar-refractivity contribution in [3.8, 4) is 0 Å². The average Bonchev–Trinajstić information content (AvgIpc) is 2.93. The number of likely N-dealkylation sites (tertiary alicyclic amines) is 1. The summed E-state index contributed by atoms with van der Waals surface area (Å²) in [7, 11) is -3.73. The van der Waals surface area contributed by atoms with Crippen LogP contribution in [0, 0.1) is 0 Å². The number of hydrogen-bond donors (Lipinski definition) is 0. The number of rotatable bonds is 9. The summed E-state index contributed by atoms with van der Waals surface area (Å²) < 4.78 is 90.7. The number of amides is 1. The molecular formula is C16H26F5NO4S. The Morgan fingerprint density at radius 1 is 1.15 bits per heavy atom. The van der Waals surface area contributed by atoms with E-state index in [1.54, 1.807) is 18.7 Å². The highest BCUT2D eigenvalue weighted by Crippen LogP contribution is 2.38. The third-order valence-corrected chi connectivity index (χ3v) is 6.12. The average molecular weight is 423 g/mol. The highest BCUT2D eigenvalue weighted by molar-refractivity contribution is 7.91. The molecule has 0 N–H and O–H groups in total. The Kier molecular flexibility index (Phi) is 8.31. The highest BCUT2D eigenvalue weighted by Gasteiger charge is 2.56. The van der Waals surface area contributed by atoms with Crippen molar-refractivity contribution in [2.45, 2.75) is 76.6 Å². The molecule has 0 unspecified atom stereocenters. The minimum absolute atomic E-state index is 0.152. The maximum absolute atomic E-state index is 12.8. The van der Waals surface area contributed by atoms with Gasteiger partial charge in [-0.2, -0.15) is 22.0 Å². The second-order valence-electron chi connectivity index (χ2n) is 7.02. The van der Waals surface area contributed by atoms with Crippen molar-refractivity contribution in [1.82, 2.24) is 4.90 Å². The topological polar surface area (TPSA) is 63.7 Å². The molecular weight excluding hydrogens is 397 g/mol. The Bertz CT molecular complexity index is 592. The van der Waals surface area contributed by atoms with Gasteiger partial charge < -0.3 is 9.64 Å². The second-order valence-corrected chi connectivity index (χ2v) is 9.33. The van der Waals surface area contributed by atoms with E-state index in [1.165, 1.54) is 0 Å². The predicted molar refractivity (Wildman–Crippen MR) is 89.5 cm³/mol. The lowest BCUT2D eigenvalue weighted by Crippen LogP contribution is -2.37. The first-order valence-corrected chi connectivity index (χ1v) is 10.7. The summed E-state index contributed by atoms with van der Waals surface area (Å²) in [6.07, 6.45) is -6.61. The largest absolute Gasteiger partial charge is 0.453 e. The molecule has 0 aromatic rings. The lowest BCUT2D eigenvalue weighted by atomic mass is 10.1. The molecule has 1 amide bonds. The van der Waals surface area contributed by atoms with E-state index in [9.17, 15) is 35.2 Å². The Morgan fingerprint density at radius 3 is 2.30 bits per heavy atom. The minimum Gasteiger partial charge on any atom is -0.447 e. The number of nitrogens with zero attached hydrogens (tertiary/aromatic N) is 1. The van der Waals surface area contributed by atoms with E-state index in [1.807, 2.05) is 0 Å². The molecule has 11 heteroatoms. The zero-order chi connectivity index (χ0) is 20.9. The molecule has 0 aromatic heterocycles. The summed E-state index contributed by atoms with van der Waals surface area (Å²) in [6.45, 7) is 3.96. The molecule has 1 rings (SSSR count). The Hall–Kier alpha value is -1.13. The van der Waals surface area contributed by atoms with Crippen molar-refractivity contribution >= 4 is 15.9 Å². The molecule has 1 heterocycles. The SMILES string of the molecule is CC(C)OC(=O)N1CCC[C@@H]1CCCS(=O)(=O)CCCC(F)(F)C(F)(F)F. The van der Waals surface area contributed by atoms with Gasteiger partial charge in [0.25, 0.3) is 0 Å². The quantitative estimate of drug-likeness (QED) is 0.522. The van der Waals surface area contributed by atoms with Crippen LogP contribution in [0.2, 0.25) is 0 Å². The third-order valence-electron chi connectivity index (χ3n) is 4.30. The van der Waals surface area contributed by atoms with Crippen LogP contribution >= 0.6 is 0 Å². The van der Waals surface area contributed by atoms with Crippen molar-refractivity contribution in [3.63, 3.8) is 0 Å². The maximum atomic E-state index is 12.8. The smallest absolute Gasteiger partial charge is 0.447 e. The van der Waals surface area contributed by atoms with Gasteiger partial charge in [0.15, 0.2) is 0 Å². The summed E-state index contributed by atoms with van der Waals surface area (Å²) in [5, 5.41) is 0. The number of halogens is 5. The van der Waals surface area contributed by atoms with Crippen molar-refractivity contribution < 1.29 is 39.9 Å². The number of sulfone groups is 1. The van der Waals surface area contributed by atoms with Crippen LogP contribution in [-0.2, 0) is 14.6 Å². The molecule has 0 saturated carbocycles. The van der Waals surface area contributed by atoms with Crippen LogP contribution < -0.4 is 0 Å². The minimum atomic E-state index is -5.67. The molecule has 0 radical (unpaired) electrons. The van der Waals surface area contributed by atoms with Gasteiger partial charge >= 0.3 is 18.2 Å². The van der Waals surface area contributed by atoms with E-state index in [4.69, 9.17) is 4.74 Å². The first-order valence-electron chi connectivity index (χ1n) is 8.87. The first kappa shape index (κ1) is 23.9. The number of carbonyl (C=O) groups is 1. The summed E-state index contributed by atoms with van der Waals surface area (Å²) in [5.74, 6) is -5.92. The number of hydrogen-bond acceptors (Lipinski definition) is 4. The van der Waals surface area contributed by atoms with Crippen LogP contribution in [-0.4, -0.2) is 61.7 Å². The van der Waals surface area contributed by atoms with Crippen LogP contribution in [0.4, 0.5) is 26.7 Å². The fraction of sp³-hybridized carbons (Fsp3) is 0.938. The van der Waals surface area contributed by atoms with Gasteiger partial charge in [-0.15, -0.1) is 0 Å². The lowest BCUT2D eigenvalue weighted by molar-refractivity contribution is -0.284. The summed E-state index contributed by atoms with van der Waals surface area (Å²) in [5.41, 5.74) is 0. The third kappa shape index (κ3) is 7.79. The van der Waals surface area contributed by atoms with Gasteiger partial charge in [-0.05, 0) is 46.0 Å². The fourth-order valence-corrected chi connectivity index (χ4v) is 4.34. The number of ether oxygens (including phenoxy) is 1. The highest BCUT2D eigenvalue weighted by atomic mass is 32.2. The molecule has 1 aliphatic rings. The molecule has 1 saturated heterocycles. The monoisotopic (exact) mass is 423 g/mol. The first-order chi connectivity index (χ1) is 12.3. The molecule has 27 heavy (non-hydrogen) atoms. The van der Waals surface area contributed by atoms with Gasteiger partial charge in [-0.25, -0.2) is 13.2 Å². The van der Waals surface area contributed by atoms with E-state index in [-0.39, 0.29) is 24.3 Å². The predicted octanol–water partition coefficient (Wildman–Crippen LogP) is 4.17. The van der Waals surface area contributed by atoms with Crippen molar-refractivity contribution in [2.24, 2.45) is 0 Å². The normalized spacial score (nSPS) is 19.0.